The molecule has 0 amide bonds. The van der Waals surface area contributed by atoms with Crippen molar-refractivity contribution in [3.05, 3.63) is 94.4 Å². The highest BCUT2D eigenvalue weighted by atomic mass is 35.5. The topological polar surface area (TPSA) is 25.4 Å². The van der Waals surface area contributed by atoms with E-state index in [-0.39, 0.29) is 18.0 Å². The van der Waals surface area contributed by atoms with Gasteiger partial charge >= 0.3 is 0 Å². The molecule has 0 aliphatic rings. The van der Waals surface area contributed by atoms with Crippen molar-refractivity contribution in [3.8, 4) is 0 Å². The monoisotopic (exact) mass is 360 g/mol. The predicted octanol–water partition coefficient (Wildman–Crippen LogP) is 0.692. The number of hydrogen-bond acceptors (Lipinski definition) is 1. The highest BCUT2D eigenvalue weighted by molar-refractivity contribution is 6.11. The number of para-hydroxylation sites is 1. The fraction of sp³-hybridized carbons (Fsp3) is 0.0909. The van der Waals surface area contributed by atoms with Gasteiger partial charge in [0, 0.05) is 34.5 Å². The van der Waals surface area contributed by atoms with Gasteiger partial charge in [-0.2, -0.15) is 4.57 Å². The Hall–Kier alpha value is -2.91. The van der Waals surface area contributed by atoms with Gasteiger partial charge in [0.25, 0.3) is 5.56 Å². The van der Waals surface area contributed by atoms with Crippen LogP contribution in [0, 0.1) is 6.92 Å². The van der Waals surface area contributed by atoms with Crippen LogP contribution in [0.5, 0.6) is 0 Å². The number of pyridine rings is 2. The number of aromatic nitrogens is 2. The third kappa shape index (κ3) is 2.36. The van der Waals surface area contributed by atoms with Crippen LogP contribution in [0.3, 0.4) is 0 Å². The standard InChI is InChI=1S/C22H17N2O.ClH/c1-15-5-4-6-16(13-15)14-23-12-11-18-17-7-2-3-8-19(17)24-21(25)10-9-20(23)22(18)24;/h2-13H,14H2,1H3;1H/q+1;/p-1. The second-order valence-electron chi connectivity index (χ2n) is 6.60. The van der Waals surface area contributed by atoms with E-state index in [1.807, 2.05) is 28.7 Å². The number of nitrogens with zero attached hydrogens (tertiary/aromatic N) is 2. The summed E-state index contributed by atoms with van der Waals surface area (Å²) in [6.45, 7) is 2.89. The van der Waals surface area contributed by atoms with Crippen LogP contribution in [0.15, 0.2) is 77.7 Å². The maximum atomic E-state index is 12.5. The van der Waals surface area contributed by atoms with E-state index < -0.39 is 0 Å². The molecule has 0 saturated heterocycles. The molecule has 0 spiro atoms. The molecule has 4 heteroatoms. The Morgan fingerprint density at radius 3 is 2.62 bits per heavy atom. The predicted molar refractivity (Wildman–Crippen MR) is 100 cm³/mol. The molecule has 0 fully saturated rings. The van der Waals surface area contributed by atoms with Gasteiger partial charge in [0.1, 0.15) is 5.52 Å². The minimum atomic E-state index is 0. The molecule has 2 aromatic carbocycles. The summed E-state index contributed by atoms with van der Waals surface area (Å²) in [6, 6.07) is 22.4. The molecule has 26 heavy (non-hydrogen) atoms. The molecule has 0 radical (unpaired) electrons. The molecule has 3 aromatic heterocycles. The maximum Gasteiger partial charge on any atom is 0.256 e. The van der Waals surface area contributed by atoms with Crippen LogP contribution >= 0.6 is 0 Å². The highest BCUT2D eigenvalue weighted by Gasteiger charge is 2.19. The Balaban J connectivity index is 0.00000168. The zero-order valence-corrected chi connectivity index (χ0v) is 15.1. The number of fused-ring (bicyclic) bond motifs is 3. The van der Waals surface area contributed by atoms with Gasteiger partial charge < -0.3 is 12.4 Å². The lowest BCUT2D eigenvalue weighted by Crippen LogP contribution is -3.00. The van der Waals surface area contributed by atoms with E-state index >= 15 is 0 Å². The smallest absolute Gasteiger partial charge is 0.256 e. The third-order valence-electron chi connectivity index (χ3n) is 4.93. The molecule has 128 valence electrons. The number of benzene rings is 2. The van der Waals surface area contributed by atoms with Gasteiger partial charge in [0.05, 0.1) is 5.52 Å². The second-order valence-corrected chi connectivity index (χ2v) is 6.60. The normalized spacial score (nSPS) is 11.3. The molecule has 0 aliphatic carbocycles. The molecular formula is C22H17ClN2O. The average Bonchev–Trinajstić information content (AvgIpc) is 2.96. The van der Waals surface area contributed by atoms with Crippen LogP contribution in [-0.2, 0) is 6.54 Å². The van der Waals surface area contributed by atoms with Crippen molar-refractivity contribution >= 4 is 27.3 Å². The highest BCUT2D eigenvalue weighted by Crippen LogP contribution is 2.28. The summed E-state index contributed by atoms with van der Waals surface area (Å²) >= 11 is 0. The lowest BCUT2D eigenvalue weighted by atomic mass is 10.1. The second kappa shape index (κ2) is 6.11. The maximum absolute atomic E-state index is 12.5. The van der Waals surface area contributed by atoms with E-state index in [9.17, 15) is 4.79 Å². The molecule has 3 nitrogen and oxygen atoms in total. The van der Waals surface area contributed by atoms with Gasteiger partial charge in [0.2, 0.25) is 5.52 Å². The summed E-state index contributed by atoms with van der Waals surface area (Å²) in [5.41, 5.74) is 5.59. The summed E-state index contributed by atoms with van der Waals surface area (Å²) in [4.78, 5) is 12.5. The Morgan fingerprint density at radius 2 is 1.77 bits per heavy atom. The minimum absolute atomic E-state index is 0. The largest absolute Gasteiger partial charge is 1.00 e. The number of hydrogen-bond donors (Lipinski definition) is 0. The van der Waals surface area contributed by atoms with Crippen LogP contribution < -0.4 is 22.5 Å². The first kappa shape index (κ1) is 16.6. The van der Waals surface area contributed by atoms with Gasteiger partial charge in [-0.1, -0.05) is 42.0 Å². The van der Waals surface area contributed by atoms with Crippen molar-refractivity contribution in [1.29, 1.82) is 0 Å². The van der Waals surface area contributed by atoms with E-state index in [0.717, 1.165) is 33.9 Å². The Kier molecular flexibility index (Phi) is 3.89. The van der Waals surface area contributed by atoms with Gasteiger partial charge in [0.15, 0.2) is 12.7 Å². The lowest BCUT2D eigenvalue weighted by Gasteiger charge is -2.04. The third-order valence-corrected chi connectivity index (χ3v) is 4.93. The molecule has 0 aliphatic heterocycles. The summed E-state index contributed by atoms with van der Waals surface area (Å²) in [5, 5.41) is 2.25. The molecule has 0 N–H and O–H groups in total. The molecule has 5 rings (SSSR count). The van der Waals surface area contributed by atoms with Crippen LogP contribution in [0.1, 0.15) is 11.1 Å². The molecule has 5 aromatic rings. The van der Waals surface area contributed by atoms with Gasteiger partial charge in [-0.15, -0.1) is 0 Å². The Bertz CT molecular complexity index is 1310. The summed E-state index contributed by atoms with van der Waals surface area (Å²) in [7, 11) is 0. The first-order chi connectivity index (χ1) is 12.2. The van der Waals surface area contributed by atoms with E-state index in [1.165, 1.54) is 11.1 Å². The number of halogens is 1. The minimum Gasteiger partial charge on any atom is -1.00 e. The SMILES string of the molecule is Cc1cccc(C[n+]2ccc3c4ccccc4n4c(=O)ccc2c34)c1.[Cl-]. The van der Waals surface area contributed by atoms with Crippen molar-refractivity contribution in [1.82, 2.24) is 4.40 Å². The molecular weight excluding hydrogens is 344 g/mol. The van der Waals surface area contributed by atoms with E-state index in [1.54, 1.807) is 6.07 Å². The zero-order valence-electron chi connectivity index (χ0n) is 14.3. The number of rotatable bonds is 2. The molecule has 0 unspecified atom stereocenters. The molecule has 3 heterocycles. The van der Waals surface area contributed by atoms with Gasteiger partial charge in [-0.25, -0.2) is 0 Å². The van der Waals surface area contributed by atoms with Crippen molar-refractivity contribution in [2.45, 2.75) is 13.5 Å². The van der Waals surface area contributed by atoms with E-state index in [2.05, 4.69) is 54.1 Å². The van der Waals surface area contributed by atoms with Crippen LogP contribution in [0.25, 0.3) is 27.3 Å². The van der Waals surface area contributed by atoms with E-state index in [4.69, 9.17) is 0 Å². The first-order valence-corrected chi connectivity index (χ1v) is 8.46. The number of aryl methyl sites for hydroxylation is 1. The first-order valence-electron chi connectivity index (χ1n) is 8.46. The molecule has 0 atom stereocenters. The summed E-state index contributed by atoms with van der Waals surface area (Å²) in [5.74, 6) is 0. The van der Waals surface area contributed by atoms with Crippen LogP contribution in [-0.4, -0.2) is 4.40 Å². The van der Waals surface area contributed by atoms with Gasteiger partial charge in [-0.3, -0.25) is 9.20 Å². The quantitative estimate of drug-likeness (QED) is 0.425. The zero-order chi connectivity index (χ0) is 17.0. The average molecular weight is 361 g/mol. The Labute approximate surface area is 156 Å². The van der Waals surface area contributed by atoms with Crippen LogP contribution in [0.2, 0.25) is 0 Å². The Morgan fingerprint density at radius 1 is 0.923 bits per heavy atom. The van der Waals surface area contributed by atoms with Crippen molar-refractivity contribution < 1.29 is 17.0 Å². The van der Waals surface area contributed by atoms with Crippen LogP contribution in [0.4, 0.5) is 0 Å². The van der Waals surface area contributed by atoms with Crippen molar-refractivity contribution in [2.24, 2.45) is 0 Å². The summed E-state index contributed by atoms with van der Waals surface area (Å²) in [6.07, 6.45) is 2.12. The summed E-state index contributed by atoms with van der Waals surface area (Å²) < 4.78 is 4.06. The lowest BCUT2D eigenvalue weighted by molar-refractivity contribution is -0.662. The van der Waals surface area contributed by atoms with Crippen molar-refractivity contribution in [2.75, 3.05) is 0 Å². The van der Waals surface area contributed by atoms with E-state index in [0.29, 0.717) is 0 Å². The molecule has 0 saturated carbocycles. The fourth-order valence-electron chi connectivity index (χ4n) is 3.84. The molecule has 0 bridgehead atoms. The fourth-order valence-corrected chi connectivity index (χ4v) is 3.84. The van der Waals surface area contributed by atoms with Gasteiger partial charge in [-0.05, 0) is 19.1 Å². The van der Waals surface area contributed by atoms with Crippen molar-refractivity contribution in [3.63, 3.8) is 0 Å².